The lowest BCUT2D eigenvalue weighted by atomic mass is 9.91. The monoisotopic (exact) mass is 545 g/mol. The molecule has 8 nitrogen and oxygen atoms in total. The van der Waals surface area contributed by atoms with Crippen LogP contribution in [0.1, 0.15) is 18.4 Å². The number of likely N-dealkylation sites (N-methyl/N-ethyl adjacent to an activating group) is 1. The first kappa shape index (κ1) is 26.9. The van der Waals surface area contributed by atoms with Gasteiger partial charge in [-0.2, -0.15) is 5.10 Å². The number of carbonyl (C=O) groups is 2. The molecule has 1 aromatic heterocycles. The topological polar surface area (TPSA) is 79.7 Å². The maximum absolute atomic E-state index is 14.3. The quantitative estimate of drug-likeness (QED) is 0.321. The number of likely N-dealkylation sites (tertiary alicyclic amines) is 1. The molecule has 3 heterocycles. The highest BCUT2D eigenvalue weighted by Crippen LogP contribution is 2.36. The van der Waals surface area contributed by atoms with Gasteiger partial charge in [0.15, 0.2) is 0 Å². The van der Waals surface area contributed by atoms with Gasteiger partial charge in [0, 0.05) is 37.0 Å². The molecule has 0 spiro atoms. The van der Waals surface area contributed by atoms with Gasteiger partial charge in [-0.05, 0) is 37.6 Å². The lowest BCUT2D eigenvalue weighted by Crippen LogP contribution is -2.60. The van der Waals surface area contributed by atoms with Crippen molar-refractivity contribution in [2.75, 3.05) is 27.2 Å². The number of hydrogen-bond donors (Lipinski definition) is 1. The number of nitrogens with zero attached hydrogens (tertiary/aromatic N) is 4. The summed E-state index contributed by atoms with van der Waals surface area (Å²) in [4.78, 5) is 36.6. The molecule has 0 aliphatic carbocycles. The Morgan fingerprint density at radius 3 is 2.51 bits per heavy atom. The fourth-order valence-electron chi connectivity index (χ4n) is 5.53. The Bertz CT molecular complexity index is 1390. The van der Waals surface area contributed by atoms with E-state index in [-0.39, 0.29) is 12.5 Å². The van der Waals surface area contributed by atoms with Gasteiger partial charge in [-0.15, -0.1) is 0 Å². The van der Waals surface area contributed by atoms with E-state index in [0.29, 0.717) is 17.3 Å². The molecule has 39 heavy (non-hydrogen) atoms. The number of halogens is 1. The summed E-state index contributed by atoms with van der Waals surface area (Å²) in [6.45, 7) is 1.41. The summed E-state index contributed by atoms with van der Waals surface area (Å²) < 4.78 is 1.55. The molecule has 2 aromatic carbocycles. The fourth-order valence-corrected chi connectivity index (χ4v) is 5.77. The average molecular weight is 546 g/mol. The summed E-state index contributed by atoms with van der Waals surface area (Å²) in [5.74, 6) is -1.58. The molecule has 9 heteroatoms. The van der Waals surface area contributed by atoms with Crippen LogP contribution < -0.4 is 5.48 Å². The minimum Gasteiger partial charge on any atom is -0.343 e. The van der Waals surface area contributed by atoms with Crippen molar-refractivity contribution in [1.29, 1.82) is 0 Å². The van der Waals surface area contributed by atoms with Gasteiger partial charge in [0.05, 0.1) is 12.1 Å². The highest BCUT2D eigenvalue weighted by Gasteiger charge is 2.50. The van der Waals surface area contributed by atoms with Crippen molar-refractivity contribution in [2.24, 2.45) is 0 Å². The molecule has 0 bridgehead atoms. The van der Waals surface area contributed by atoms with E-state index in [1.807, 2.05) is 77.8 Å². The number of amides is 1. The molecule has 2 aliphatic rings. The summed E-state index contributed by atoms with van der Waals surface area (Å²) in [6.07, 6.45) is 10.1. The number of aromatic nitrogens is 2. The maximum Gasteiger partial charge on any atom is 0.315 e. The molecular weight excluding hydrogens is 514 g/mol. The van der Waals surface area contributed by atoms with E-state index >= 15 is 0 Å². The molecule has 0 radical (unpaired) electrons. The third-order valence-corrected chi connectivity index (χ3v) is 7.73. The molecule has 202 valence electrons. The first-order chi connectivity index (χ1) is 18.9. The first-order valence-corrected chi connectivity index (χ1v) is 13.4. The summed E-state index contributed by atoms with van der Waals surface area (Å²) in [5.41, 5.74) is 3.97. The molecule has 1 fully saturated rings. The highest BCUT2D eigenvalue weighted by molar-refractivity contribution is 6.38. The van der Waals surface area contributed by atoms with Crippen LogP contribution in [0.3, 0.4) is 0 Å². The van der Waals surface area contributed by atoms with Crippen LogP contribution in [-0.4, -0.2) is 64.6 Å². The Labute approximate surface area is 233 Å². The number of Topliss-reactive ketones (excluding diaryl/α,β-unsaturated/α-hetero) is 1. The Balaban J connectivity index is 1.71. The Hall–Kier alpha value is -3.72. The molecule has 3 aromatic rings. The number of benzene rings is 2. The molecule has 1 saturated heterocycles. The van der Waals surface area contributed by atoms with Crippen LogP contribution in [0, 0.1) is 0 Å². The van der Waals surface area contributed by atoms with Crippen LogP contribution in [0.4, 0.5) is 0 Å². The lowest BCUT2D eigenvalue weighted by Gasteiger charge is -2.43. The van der Waals surface area contributed by atoms with Crippen LogP contribution in [0.2, 0.25) is 5.02 Å². The second-order valence-corrected chi connectivity index (χ2v) is 10.3. The summed E-state index contributed by atoms with van der Waals surface area (Å²) in [6, 6.07) is 19.4. The number of nitrogens with one attached hydrogen (secondary N) is 1. The van der Waals surface area contributed by atoms with Gasteiger partial charge in [-0.3, -0.25) is 19.3 Å². The number of hydroxylamine groups is 1. The van der Waals surface area contributed by atoms with Gasteiger partial charge in [0.25, 0.3) is 5.78 Å². The van der Waals surface area contributed by atoms with E-state index in [2.05, 4.69) is 23.5 Å². The average Bonchev–Trinajstić information content (AvgIpc) is 3.58. The van der Waals surface area contributed by atoms with Crippen LogP contribution in [-0.2, 0) is 26.5 Å². The number of rotatable bonds is 9. The van der Waals surface area contributed by atoms with Crippen LogP contribution in [0.15, 0.2) is 90.8 Å². The molecular formula is C30H32ClN5O3. The normalized spacial score (nSPS) is 19.0. The molecule has 1 N–H and O–H groups in total. The molecule has 1 unspecified atom stereocenters. The van der Waals surface area contributed by atoms with Crippen molar-refractivity contribution >= 4 is 23.3 Å². The van der Waals surface area contributed by atoms with Crippen molar-refractivity contribution in [2.45, 2.75) is 31.0 Å². The van der Waals surface area contributed by atoms with Gasteiger partial charge in [-0.25, -0.2) is 10.2 Å². The fraction of sp³-hybridized carbons (Fsp3) is 0.300. The van der Waals surface area contributed by atoms with E-state index < -0.39 is 17.4 Å². The predicted molar refractivity (Wildman–Crippen MR) is 151 cm³/mol. The van der Waals surface area contributed by atoms with E-state index in [0.717, 1.165) is 36.1 Å². The van der Waals surface area contributed by atoms with E-state index in [9.17, 15) is 9.59 Å². The van der Waals surface area contributed by atoms with Gasteiger partial charge in [0.2, 0.25) is 5.66 Å². The number of carbonyl (C=O) groups excluding carboxylic acids is 2. The summed E-state index contributed by atoms with van der Waals surface area (Å²) >= 11 is 6.75. The Kier molecular flexibility index (Phi) is 7.97. The summed E-state index contributed by atoms with van der Waals surface area (Å²) in [5, 5.41) is 5.24. The maximum atomic E-state index is 14.3. The Morgan fingerprint density at radius 1 is 1.13 bits per heavy atom. The SMILES string of the molecule is CONC(=O)C(=O)[C@@](Cc1ccccc1)(N1C=C(C2CCCN2C)C=CC1)n1cc(Cl)c(-c2ccccc2)n1. The van der Waals surface area contributed by atoms with E-state index in [1.165, 1.54) is 7.11 Å². The minimum absolute atomic E-state index is 0.175. The molecule has 5 rings (SSSR count). The van der Waals surface area contributed by atoms with Crippen molar-refractivity contribution < 1.29 is 14.4 Å². The third kappa shape index (κ3) is 5.28. The Morgan fingerprint density at radius 2 is 1.85 bits per heavy atom. The molecule has 2 aliphatic heterocycles. The first-order valence-electron chi connectivity index (χ1n) is 13.0. The van der Waals surface area contributed by atoms with Crippen molar-refractivity contribution in [3.05, 3.63) is 101 Å². The van der Waals surface area contributed by atoms with E-state index in [4.69, 9.17) is 21.5 Å². The zero-order chi connectivity index (χ0) is 27.4. The molecule has 1 amide bonds. The van der Waals surface area contributed by atoms with Gasteiger partial charge >= 0.3 is 5.91 Å². The lowest BCUT2D eigenvalue weighted by molar-refractivity contribution is -0.154. The minimum atomic E-state index is -1.56. The second-order valence-electron chi connectivity index (χ2n) is 9.90. The van der Waals surface area contributed by atoms with E-state index in [1.54, 1.807) is 10.9 Å². The second kappa shape index (κ2) is 11.6. The van der Waals surface area contributed by atoms with Crippen LogP contribution >= 0.6 is 11.6 Å². The highest BCUT2D eigenvalue weighted by atomic mass is 35.5. The largest absolute Gasteiger partial charge is 0.343 e. The van der Waals surface area contributed by atoms with Crippen molar-refractivity contribution in [1.82, 2.24) is 25.1 Å². The van der Waals surface area contributed by atoms with Crippen molar-refractivity contribution in [3.8, 4) is 11.3 Å². The van der Waals surface area contributed by atoms with Crippen LogP contribution in [0.5, 0.6) is 0 Å². The number of hydrogen-bond acceptors (Lipinski definition) is 6. The zero-order valence-electron chi connectivity index (χ0n) is 22.1. The van der Waals surface area contributed by atoms with Crippen LogP contribution in [0.25, 0.3) is 11.3 Å². The number of ketones is 1. The standard InChI is InChI=1S/C30H32ClN5O3/c1-34-17-10-16-26(34)24-15-9-18-35(20-24)30(28(37)29(38)33-39-2,19-22-11-5-3-6-12-22)36-21-25(31)27(32-36)23-13-7-4-8-14-23/h3-9,11-15,20-21,26H,10,16-19H2,1-2H3,(H,33,38)/t26?,30-/m0/s1. The third-order valence-electron chi connectivity index (χ3n) is 7.45. The molecule has 2 atom stereocenters. The summed E-state index contributed by atoms with van der Waals surface area (Å²) in [7, 11) is 3.42. The van der Waals surface area contributed by atoms with Gasteiger partial charge in [0.1, 0.15) is 5.69 Å². The molecule has 0 saturated carbocycles. The predicted octanol–water partition coefficient (Wildman–Crippen LogP) is 4.20. The van der Waals surface area contributed by atoms with Crippen molar-refractivity contribution in [3.63, 3.8) is 0 Å². The zero-order valence-corrected chi connectivity index (χ0v) is 22.8. The van der Waals surface area contributed by atoms with Gasteiger partial charge in [-0.1, -0.05) is 84.4 Å². The smallest absolute Gasteiger partial charge is 0.315 e. The van der Waals surface area contributed by atoms with Gasteiger partial charge < -0.3 is 4.90 Å².